The molecule has 74 valence electrons. The van der Waals surface area contributed by atoms with Gasteiger partial charge in [0, 0.05) is 7.05 Å². The Morgan fingerprint density at radius 1 is 1.62 bits per heavy atom. The van der Waals surface area contributed by atoms with Crippen molar-refractivity contribution in [2.24, 2.45) is 0 Å². The molecule has 0 rings (SSSR count). The van der Waals surface area contributed by atoms with Crippen molar-refractivity contribution in [3.8, 4) is 0 Å². The van der Waals surface area contributed by atoms with Gasteiger partial charge in [0.2, 0.25) is 0 Å². The minimum absolute atomic E-state index is 0. The van der Waals surface area contributed by atoms with Crippen molar-refractivity contribution >= 4 is 71.2 Å². The van der Waals surface area contributed by atoms with E-state index in [0.717, 1.165) is 0 Å². The van der Waals surface area contributed by atoms with Gasteiger partial charge in [0.05, 0.1) is 7.11 Å². The van der Waals surface area contributed by atoms with Gasteiger partial charge in [0.15, 0.2) is 0 Å². The number of ether oxygens (including phenoxy) is 1. The number of methoxy groups -OCH3 is 1. The van der Waals surface area contributed by atoms with Gasteiger partial charge in [-0.2, -0.15) is 0 Å². The Kier molecular flexibility index (Phi) is 52.7. The van der Waals surface area contributed by atoms with Gasteiger partial charge in [0.1, 0.15) is 5.55 Å². The summed E-state index contributed by atoms with van der Waals surface area (Å²) < 4.78 is 3.86. The van der Waals surface area contributed by atoms with Crippen molar-refractivity contribution in [1.29, 1.82) is 0 Å². The average molecular weight is 237 g/mol. The third-order valence-corrected chi connectivity index (χ3v) is 0.514. The van der Waals surface area contributed by atoms with E-state index < -0.39 is 0 Å². The molecule has 5 nitrogen and oxygen atoms in total. The van der Waals surface area contributed by atoms with Crippen LogP contribution in [0.3, 0.4) is 0 Å². The number of nitrogens with one attached hydrogen (secondary N) is 1. The number of rotatable bonds is 1. The predicted molar refractivity (Wildman–Crippen MR) is 60.8 cm³/mol. The third-order valence-electron chi connectivity index (χ3n) is 0.310. The van der Waals surface area contributed by atoms with E-state index in [0.29, 0.717) is 12.0 Å². The second-order valence-corrected chi connectivity index (χ2v) is 1.59. The Labute approximate surface area is 110 Å². The Morgan fingerprint density at radius 3 is 1.77 bits per heavy atom. The molecule has 0 aliphatic carbocycles. The van der Waals surface area contributed by atoms with Gasteiger partial charge >= 0.3 is 29.6 Å². The molecule has 0 atom stereocenters. The van der Waals surface area contributed by atoms with E-state index in [1.807, 2.05) is 0 Å². The number of carbonyl (C=O) groups is 1. The van der Waals surface area contributed by atoms with E-state index in [1.165, 1.54) is 7.11 Å². The fraction of sp³-hybridized carbons (Fsp3) is 0.400. The van der Waals surface area contributed by atoms with E-state index >= 15 is 0 Å². The summed E-state index contributed by atoms with van der Waals surface area (Å²) in [6.07, 6.45) is 0. The van der Waals surface area contributed by atoms with Gasteiger partial charge in [-0.05, 0) is 24.4 Å². The molecule has 0 heterocycles. The van der Waals surface area contributed by atoms with Crippen LogP contribution < -0.4 is 5.32 Å². The number of aliphatic hydroxyl groups is 2. The Balaban J connectivity index is -0.0000000465. The SMILES string of the molecule is CNC(O)=S.COC=O.OC=S.[NaH]. The van der Waals surface area contributed by atoms with Gasteiger partial charge < -0.3 is 20.3 Å². The van der Waals surface area contributed by atoms with Crippen LogP contribution in [0.5, 0.6) is 0 Å². The zero-order valence-electron chi connectivity index (χ0n) is 6.68. The fourth-order valence-corrected chi connectivity index (χ4v) is 0. The van der Waals surface area contributed by atoms with Crippen LogP contribution in [-0.2, 0) is 9.53 Å². The fourth-order valence-electron chi connectivity index (χ4n) is 0. The molecule has 0 spiro atoms. The monoisotopic (exact) mass is 237 g/mol. The summed E-state index contributed by atoms with van der Waals surface area (Å²) in [4.78, 5) is 8.95. The number of thiocarbonyl (C=S) groups is 2. The van der Waals surface area contributed by atoms with Crippen molar-refractivity contribution in [3.63, 3.8) is 0 Å². The predicted octanol–water partition coefficient (Wildman–Crippen LogP) is -0.309. The van der Waals surface area contributed by atoms with E-state index in [4.69, 9.17) is 15.0 Å². The number of hydrogen-bond donors (Lipinski definition) is 3. The first-order valence-electron chi connectivity index (χ1n) is 2.55. The van der Waals surface area contributed by atoms with Gasteiger partial charge in [-0.25, -0.2) is 0 Å². The van der Waals surface area contributed by atoms with Gasteiger partial charge in [0.25, 0.3) is 11.6 Å². The van der Waals surface area contributed by atoms with Crippen LogP contribution in [0.2, 0.25) is 0 Å². The topological polar surface area (TPSA) is 78.8 Å². The first-order valence-corrected chi connectivity index (χ1v) is 3.43. The molecule has 0 aromatic heterocycles. The standard InChI is InChI=1S/C2H5NOS.C2H4O2.CH2OS.Na.H/c1-3-2(4)5;1-4-2-3;2-1-3;;/h1H3,(H2,3,4,5);2H,1H3;1H,(H,2,3);;. The summed E-state index contributed by atoms with van der Waals surface area (Å²) >= 11 is 7.97. The third kappa shape index (κ3) is 131. The van der Waals surface area contributed by atoms with Crippen molar-refractivity contribution in [2.45, 2.75) is 0 Å². The maximum absolute atomic E-state index is 8.95. The summed E-state index contributed by atoms with van der Waals surface area (Å²) in [6.45, 7) is 0.375. The van der Waals surface area contributed by atoms with E-state index in [-0.39, 0.29) is 34.7 Å². The average Bonchev–Trinajstić information content (AvgIpc) is 2.06. The van der Waals surface area contributed by atoms with Crippen molar-refractivity contribution < 1.29 is 19.7 Å². The summed E-state index contributed by atoms with van der Waals surface area (Å²) in [7, 11) is 2.87. The van der Waals surface area contributed by atoms with Crippen LogP contribution in [0, 0.1) is 0 Å². The summed E-state index contributed by atoms with van der Waals surface area (Å²) in [5, 5.41) is 17.4. The molecule has 13 heavy (non-hydrogen) atoms. The molecule has 0 aromatic carbocycles. The zero-order chi connectivity index (χ0) is 10.4. The summed E-state index contributed by atoms with van der Waals surface area (Å²) in [5.41, 5.74) is 0.583. The van der Waals surface area contributed by atoms with Crippen LogP contribution in [-0.4, -0.2) is 71.1 Å². The first kappa shape index (κ1) is 23.1. The van der Waals surface area contributed by atoms with E-state index in [1.54, 1.807) is 7.05 Å². The molecule has 0 saturated heterocycles. The quantitative estimate of drug-likeness (QED) is 0.328. The normalized spacial score (nSPS) is 5.08. The molecule has 0 saturated carbocycles. The Hall–Kier alpha value is 0.0500. The van der Waals surface area contributed by atoms with Crippen molar-refractivity contribution in [2.75, 3.05) is 14.2 Å². The molecule has 0 amide bonds. The zero-order valence-corrected chi connectivity index (χ0v) is 8.32. The molecule has 0 aliphatic rings. The van der Waals surface area contributed by atoms with Crippen LogP contribution in [0.4, 0.5) is 0 Å². The van der Waals surface area contributed by atoms with Crippen molar-refractivity contribution in [1.82, 2.24) is 5.32 Å². The van der Waals surface area contributed by atoms with E-state index in [2.05, 4.69) is 34.5 Å². The van der Waals surface area contributed by atoms with Crippen LogP contribution in [0.15, 0.2) is 0 Å². The second-order valence-electron chi connectivity index (χ2n) is 0.992. The minimum atomic E-state index is -0.162. The molecule has 0 aliphatic heterocycles. The molecule has 0 aromatic rings. The second kappa shape index (κ2) is 29.6. The van der Waals surface area contributed by atoms with Gasteiger partial charge in [-0.3, -0.25) is 4.79 Å². The molecule has 0 bridgehead atoms. The Bertz CT molecular complexity index is 125. The summed E-state index contributed by atoms with van der Waals surface area (Å²) in [5.74, 6) is 0. The van der Waals surface area contributed by atoms with Crippen molar-refractivity contribution in [3.05, 3.63) is 0 Å². The molecule has 0 radical (unpaired) electrons. The van der Waals surface area contributed by atoms with Crippen LogP contribution in [0.25, 0.3) is 0 Å². The number of hydrogen-bond acceptors (Lipinski definition) is 4. The molecule has 8 heteroatoms. The van der Waals surface area contributed by atoms with Gasteiger partial charge in [-0.15, -0.1) is 0 Å². The molecule has 0 unspecified atom stereocenters. The molecular weight excluding hydrogens is 225 g/mol. The maximum atomic E-state index is 8.95. The first-order chi connectivity index (χ1) is 5.60. The molecule has 0 fully saturated rings. The van der Waals surface area contributed by atoms with E-state index in [9.17, 15) is 0 Å². The number of carbonyl (C=O) groups excluding carboxylic acids is 1. The number of aliphatic hydroxyl groups excluding tert-OH is 2. The van der Waals surface area contributed by atoms with Crippen LogP contribution in [0.1, 0.15) is 0 Å². The summed E-state index contributed by atoms with van der Waals surface area (Å²) in [6, 6.07) is 0. The Morgan fingerprint density at radius 2 is 1.77 bits per heavy atom. The van der Waals surface area contributed by atoms with Gasteiger partial charge in [-0.1, -0.05) is 0 Å². The van der Waals surface area contributed by atoms with Crippen LogP contribution >= 0.6 is 24.4 Å². The molecule has 3 N–H and O–H groups in total. The molecular formula is C5H12NNaO4S2.